The summed E-state index contributed by atoms with van der Waals surface area (Å²) < 4.78 is 10.6. The topological polar surface area (TPSA) is 18.5 Å². The largest absolute Gasteiger partial charge is 0.489 e. The first-order valence-electron chi connectivity index (χ1n) is 3.04. The lowest BCUT2D eigenvalue weighted by atomic mass is 10.3. The Morgan fingerprint density at radius 3 is 2.00 bits per heavy atom. The molecule has 1 aliphatic heterocycles. The minimum Gasteiger partial charge on any atom is -0.404 e. The zero-order valence-electron chi connectivity index (χ0n) is 4.31. The van der Waals surface area contributed by atoms with Gasteiger partial charge in [-0.3, -0.25) is 0 Å². The molecule has 0 aromatic rings. The van der Waals surface area contributed by atoms with Gasteiger partial charge in [-0.15, -0.1) is 0 Å². The van der Waals surface area contributed by atoms with Crippen molar-refractivity contribution in [2.75, 3.05) is 0 Å². The van der Waals surface area contributed by atoms with E-state index in [1.807, 2.05) is 0 Å². The summed E-state index contributed by atoms with van der Waals surface area (Å²) >= 11 is 0. The minimum atomic E-state index is 0.264. The minimum absolute atomic E-state index is 0.264. The Labute approximate surface area is 47.5 Å². The van der Waals surface area contributed by atoms with Gasteiger partial charge in [0.05, 0.1) is 11.2 Å². The molecule has 0 amide bonds. The Hall–Kier alpha value is -0.0151. The summed E-state index contributed by atoms with van der Waals surface area (Å²) in [6.45, 7) is 0. The first kappa shape index (κ1) is 3.23. The van der Waals surface area contributed by atoms with Crippen LogP contribution in [0.3, 0.4) is 0 Å². The predicted octanol–water partition coefficient (Wildman–Crippen LogP) is -0.148. The summed E-state index contributed by atoms with van der Waals surface area (Å²) in [5.74, 6) is 0. The Morgan fingerprint density at radius 2 is 1.75 bits per heavy atom. The summed E-state index contributed by atoms with van der Waals surface area (Å²) in [5.41, 5.74) is 1.11. The van der Waals surface area contributed by atoms with Crippen molar-refractivity contribution in [3.63, 3.8) is 0 Å². The molecule has 1 radical (unpaired) electrons. The molecule has 3 saturated carbocycles. The van der Waals surface area contributed by atoms with Gasteiger partial charge in [-0.25, -0.2) is 0 Å². The summed E-state index contributed by atoms with van der Waals surface area (Å²) in [7, 11) is 1.53. The average molecular weight is 107 g/mol. The molecule has 4 aliphatic rings. The molecule has 3 spiro atoms. The van der Waals surface area contributed by atoms with Gasteiger partial charge in [-0.2, -0.15) is 0 Å². The zero-order valence-corrected chi connectivity index (χ0v) is 4.31. The second kappa shape index (κ2) is 0.474. The van der Waals surface area contributed by atoms with Crippen LogP contribution in [0.1, 0.15) is 12.8 Å². The van der Waals surface area contributed by atoms with E-state index < -0.39 is 0 Å². The van der Waals surface area contributed by atoms with Crippen LogP contribution in [0.15, 0.2) is 0 Å². The van der Waals surface area contributed by atoms with Crippen molar-refractivity contribution in [2.24, 2.45) is 5.41 Å². The van der Waals surface area contributed by atoms with Crippen molar-refractivity contribution in [3.8, 4) is 0 Å². The Bertz CT molecular complexity index is 194. The summed E-state index contributed by atoms with van der Waals surface area (Å²) in [4.78, 5) is 0. The van der Waals surface area contributed by atoms with E-state index in [1.54, 1.807) is 0 Å². The van der Waals surface area contributed by atoms with Crippen molar-refractivity contribution in [1.82, 2.24) is 0 Å². The molecule has 0 aromatic carbocycles. The van der Waals surface area contributed by atoms with Crippen molar-refractivity contribution in [3.05, 3.63) is 0 Å². The molecular formula is C5H4BO2. The highest BCUT2D eigenvalue weighted by atomic mass is 16.7. The van der Waals surface area contributed by atoms with Crippen LogP contribution in [0.4, 0.5) is 0 Å². The molecule has 3 aliphatic carbocycles. The quantitative estimate of drug-likeness (QED) is 0.401. The SMILES string of the molecule is [B]1OC23CC24CC43O1. The lowest BCUT2D eigenvalue weighted by molar-refractivity contribution is 0.187. The molecule has 1 saturated heterocycles. The van der Waals surface area contributed by atoms with Gasteiger partial charge in [0.15, 0.2) is 0 Å². The summed E-state index contributed by atoms with van der Waals surface area (Å²) in [6.07, 6.45) is 2.55. The van der Waals surface area contributed by atoms with Crippen LogP contribution in [-0.4, -0.2) is 18.9 Å². The van der Waals surface area contributed by atoms with Gasteiger partial charge in [-0.1, -0.05) is 0 Å². The molecule has 2 unspecified atom stereocenters. The van der Waals surface area contributed by atoms with Gasteiger partial charge < -0.3 is 9.31 Å². The molecule has 0 bridgehead atoms. The zero-order chi connectivity index (χ0) is 5.04. The van der Waals surface area contributed by atoms with Crippen molar-refractivity contribution >= 4 is 7.69 Å². The fourth-order valence-electron chi connectivity index (χ4n) is 2.65. The van der Waals surface area contributed by atoms with E-state index in [1.165, 1.54) is 20.5 Å². The highest BCUT2D eigenvalue weighted by Gasteiger charge is 3.16. The Kier molecular flexibility index (Phi) is 0.191. The maximum absolute atomic E-state index is 5.28. The number of hydrogen-bond donors (Lipinski definition) is 0. The first-order chi connectivity index (χ1) is 3.87. The van der Waals surface area contributed by atoms with Gasteiger partial charge in [0.1, 0.15) is 0 Å². The third-order valence-corrected chi connectivity index (χ3v) is 3.49. The molecule has 4 rings (SSSR count). The fraction of sp³-hybridized carbons (Fsp3) is 1.00. The number of hydrogen-bond acceptors (Lipinski definition) is 2. The predicted molar refractivity (Wildman–Crippen MR) is 25.1 cm³/mol. The highest BCUT2D eigenvalue weighted by Crippen LogP contribution is 3.06. The molecule has 39 valence electrons. The fourth-order valence-corrected chi connectivity index (χ4v) is 2.65. The van der Waals surface area contributed by atoms with Gasteiger partial charge in [0, 0.05) is 5.41 Å². The molecule has 0 aromatic heterocycles. The van der Waals surface area contributed by atoms with Crippen LogP contribution < -0.4 is 0 Å². The molecule has 4 fully saturated rings. The van der Waals surface area contributed by atoms with Gasteiger partial charge in [-0.05, 0) is 12.8 Å². The standard InChI is InChI=1S/C5H4BO2/c1-3-2-5(3)4(1,3)7-6-8-5/h1-2H2. The molecule has 1 heterocycles. The van der Waals surface area contributed by atoms with Crippen LogP contribution in [0.2, 0.25) is 0 Å². The second-order valence-electron chi connectivity index (χ2n) is 3.42. The smallest absolute Gasteiger partial charge is 0.404 e. The Balaban J connectivity index is 2.07. The number of rotatable bonds is 0. The van der Waals surface area contributed by atoms with E-state index in [-0.39, 0.29) is 11.2 Å². The van der Waals surface area contributed by atoms with E-state index >= 15 is 0 Å². The van der Waals surface area contributed by atoms with Gasteiger partial charge in [0.2, 0.25) is 0 Å². The molecule has 3 heteroatoms. The maximum atomic E-state index is 5.28. The monoisotopic (exact) mass is 107 g/mol. The molecule has 0 N–H and O–H groups in total. The average Bonchev–Trinajstić information content (AvgIpc) is 2.46. The van der Waals surface area contributed by atoms with E-state index in [2.05, 4.69) is 0 Å². The molecular weight excluding hydrogens is 103 g/mol. The first-order valence-corrected chi connectivity index (χ1v) is 3.04. The third-order valence-electron chi connectivity index (χ3n) is 3.49. The van der Waals surface area contributed by atoms with Crippen molar-refractivity contribution in [1.29, 1.82) is 0 Å². The van der Waals surface area contributed by atoms with E-state index in [0.29, 0.717) is 5.41 Å². The highest BCUT2D eigenvalue weighted by molar-refractivity contribution is 6.22. The lowest BCUT2D eigenvalue weighted by Gasteiger charge is -2.02. The van der Waals surface area contributed by atoms with Gasteiger partial charge >= 0.3 is 7.69 Å². The summed E-state index contributed by atoms with van der Waals surface area (Å²) in [6, 6.07) is 0. The molecule has 2 nitrogen and oxygen atoms in total. The van der Waals surface area contributed by atoms with Gasteiger partial charge in [0.25, 0.3) is 0 Å². The Morgan fingerprint density at radius 1 is 1.12 bits per heavy atom. The van der Waals surface area contributed by atoms with E-state index in [9.17, 15) is 0 Å². The summed E-state index contributed by atoms with van der Waals surface area (Å²) in [5, 5.41) is 0. The molecule has 8 heavy (non-hydrogen) atoms. The van der Waals surface area contributed by atoms with Crippen LogP contribution in [0, 0.1) is 5.41 Å². The van der Waals surface area contributed by atoms with E-state index in [0.717, 1.165) is 0 Å². The van der Waals surface area contributed by atoms with Crippen molar-refractivity contribution in [2.45, 2.75) is 24.0 Å². The second-order valence-corrected chi connectivity index (χ2v) is 3.42. The van der Waals surface area contributed by atoms with Crippen molar-refractivity contribution < 1.29 is 9.31 Å². The normalized spacial score (nSPS) is 86.0. The molecule has 2 atom stereocenters. The third kappa shape index (κ3) is 0.0885. The van der Waals surface area contributed by atoms with Crippen LogP contribution in [0.5, 0.6) is 0 Å². The van der Waals surface area contributed by atoms with Crippen LogP contribution in [-0.2, 0) is 9.31 Å². The van der Waals surface area contributed by atoms with Crippen LogP contribution >= 0.6 is 0 Å². The van der Waals surface area contributed by atoms with Crippen LogP contribution in [0.25, 0.3) is 0 Å². The lowest BCUT2D eigenvalue weighted by Crippen LogP contribution is -2.13. The van der Waals surface area contributed by atoms with E-state index in [4.69, 9.17) is 9.31 Å². The maximum Gasteiger partial charge on any atom is 0.489 e.